The Bertz CT molecular complexity index is 5.51. The van der Waals surface area contributed by atoms with Crippen LogP contribution in [0.5, 0.6) is 0 Å². The van der Waals surface area contributed by atoms with Crippen molar-refractivity contribution in [2.75, 3.05) is 0 Å². The predicted molar refractivity (Wildman–Crippen MR) is 22.1 cm³/mol. The summed E-state index contributed by atoms with van der Waals surface area (Å²) in [5.74, 6) is 0. The molecule has 0 aromatic carbocycles. The third kappa shape index (κ3) is 76.2. The Morgan fingerprint density at radius 3 is 0.667 bits per heavy atom. The average molecular weight is 168 g/mol. The molecule has 0 aliphatic rings. The molecular formula is C4H10Mn2-2. The van der Waals surface area contributed by atoms with Gasteiger partial charge in [-0.3, -0.25) is 0 Å². The van der Waals surface area contributed by atoms with E-state index in [-0.39, 0.29) is 34.1 Å². The van der Waals surface area contributed by atoms with Crippen molar-refractivity contribution >= 4 is 0 Å². The second-order valence-corrected chi connectivity index (χ2v) is 0. The molecule has 0 fully saturated rings. The van der Waals surface area contributed by atoms with E-state index in [0.29, 0.717) is 0 Å². The molecule has 6 heavy (non-hydrogen) atoms. The Morgan fingerprint density at radius 2 is 0.667 bits per heavy atom. The maximum absolute atomic E-state index is 3.25. The molecule has 0 aliphatic carbocycles. The first kappa shape index (κ1) is 27.8. The first-order valence-electron chi connectivity index (χ1n) is 1.41. The molecule has 2 radical (unpaired) electrons. The Balaban J connectivity index is -0.00000000500. The molecule has 0 N–H and O–H groups in total. The van der Waals surface area contributed by atoms with Gasteiger partial charge in [-0.25, -0.2) is 0 Å². The summed E-state index contributed by atoms with van der Waals surface area (Å²) < 4.78 is 0. The van der Waals surface area contributed by atoms with E-state index in [1.165, 1.54) is 0 Å². The van der Waals surface area contributed by atoms with Gasteiger partial charge in [-0.2, -0.15) is 13.8 Å². The van der Waals surface area contributed by atoms with Gasteiger partial charge in [0.05, 0.1) is 0 Å². The van der Waals surface area contributed by atoms with Crippen molar-refractivity contribution in [2.45, 2.75) is 13.8 Å². The van der Waals surface area contributed by atoms with Crippen LogP contribution in [0.15, 0.2) is 0 Å². The molecule has 0 amide bonds. The molecule has 0 nitrogen and oxygen atoms in total. The van der Waals surface area contributed by atoms with Crippen LogP contribution in [0.1, 0.15) is 13.8 Å². The van der Waals surface area contributed by atoms with E-state index in [9.17, 15) is 0 Å². The summed E-state index contributed by atoms with van der Waals surface area (Å²) in [5, 5.41) is 0. The van der Waals surface area contributed by atoms with Crippen LogP contribution in [0, 0.1) is 13.8 Å². The van der Waals surface area contributed by atoms with Crippen molar-refractivity contribution in [1.29, 1.82) is 0 Å². The van der Waals surface area contributed by atoms with Crippen molar-refractivity contribution in [3.8, 4) is 0 Å². The molecule has 0 aliphatic heterocycles. The van der Waals surface area contributed by atoms with Crippen molar-refractivity contribution in [2.24, 2.45) is 0 Å². The fourth-order valence-corrected chi connectivity index (χ4v) is 0. The van der Waals surface area contributed by atoms with Crippen LogP contribution in [-0.4, -0.2) is 0 Å². The summed E-state index contributed by atoms with van der Waals surface area (Å²) >= 11 is 0. The Hall–Kier alpha value is 1.04. The van der Waals surface area contributed by atoms with Gasteiger partial charge in [0.15, 0.2) is 0 Å². The number of hydrogen-bond donors (Lipinski definition) is 0. The zero-order valence-corrected chi connectivity index (χ0v) is 6.53. The van der Waals surface area contributed by atoms with Crippen LogP contribution >= 0.6 is 0 Å². The Morgan fingerprint density at radius 1 is 0.667 bits per heavy atom. The molecule has 0 rings (SSSR count). The first-order chi connectivity index (χ1) is 2.00. The molecule has 2 heteroatoms. The van der Waals surface area contributed by atoms with Crippen LogP contribution in [0.2, 0.25) is 0 Å². The molecule has 0 bridgehead atoms. The Labute approximate surface area is 62.0 Å². The zero-order chi connectivity index (χ0) is 4.00. The third-order valence-corrected chi connectivity index (χ3v) is 0. The zero-order valence-electron chi connectivity index (χ0n) is 4.17. The van der Waals surface area contributed by atoms with Crippen LogP contribution in [-0.2, 0) is 34.1 Å². The van der Waals surface area contributed by atoms with Gasteiger partial charge in [-0.05, 0) is 0 Å². The molecule has 0 saturated carbocycles. The van der Waals surface area contributed by atoms with Crippen molar-refractivity contribution in [1.82, 2.24) is 0 Å². The van der Waals surface area contributed by atoms with Gasteiger partial charge in [0.2, 0.25) is 0 Å². The van der Waals surface area contributed by atoms with E-state index < -0.39 is 0 Å². The van der Waals surface area contributed by atoms with Crippen LogP contribution in [0.25, 0.3) is 0 Å². The van der Waals surface area contributed by atoms with E-state index in [1.807, 2.05) is 0 Å². The molecule has 0 saturated heterocycles. The maximum Gasteiger partial charge on any atom is 0 e. The van der Waals surface area contributed by atoms with Crippen molar-refractivity contribution in [3.05, 3.63) is 13.8 Å². The summed E-state index contributed by atoms with van der Waals surface area (Å²) in [6.45, 7) is 10.0. The SMILES string of the molecule is [CH2-]C.[CH2-]C.[Mn].[Mn]. The second-order valence-electron chi connectivity index (χ2n) is 0. The minimum atomic E-state index is 0. The summed E-state index contributed by atoms with van der Waals surface area (Å²) in [7, 11) is 0. The van der Waals surface area contributed by atoms with Gasteiger partial charge in [0.1, 0.15) is 0 Å². The quantitative estimate of drug-likeness (QED) is 0.381. The summed E-state index contributed by atoms with van der Waals surface area (Å²) in [6.07, 6.45) is 0. The first-order valence-corrected chi connectivity index (χ1v) is 1.41. The van der Waals surface area contributed by atoms with Gasteiger partial charge in [-0.1, -0.05) is 0 Å². The monoisotopic (exact) mass is 168 g/mol. The molecular weight excluding hydrogens is 158 g/mol. The third-order valence-electron chi connectivity index (χ3n) is 0. The van der Waals surface area contributed by atoms with Crippen molar-refractivity contribution < 1.29 is 34.1 Å². The minimum Gasteiger partial charge on any atom is -0.346 e. The van der Waals surface area contributed by atoms with Gasteiger partial charge < -0.3 is 13.8 Å². The fourth-order valence-electron chi connectivity index (χ4n) is 0. The van der Waals surface area contributed by atoms with Crippen LogP contribution < -0.4 is 0 Å². The predicted octanol–water partition coefficient (Wildman–Crippen LogP) is 1.68. The van der Waals surface area contributed by atoms with Gasteiger partial charge in [0.25, 0.3) is 0 Å². The maximum atomic E-state index is 3.25. The molecule has 0 aromatic rings. The Kier molecular flexibility index (Phi) is 658. The molecule has 42 valence electrons. The molecule has 0 heterocycles. The van der Waals surface area contributed by atoms with Crippen LogP contribution in [0.3, 0.4) is 0 Å². The summed E-state index contributed by atoms with van der Waals surface area (Å²) in [5.41, 5.74) is 0. The summed E-state index contributed by atoms with van der Waals surface area (Å²) in [4.78, 5) is 0. The van der Waals surface area contributed by atoms with Crippen molar-refractivity contribution in [3.63, 3.8) is 0 Å². The topological polar surface area (TPSA) is 0 Å². The van der Waals surface area contributed by atoms with E-state index in [1.54, 1.807) is 13.8 Å². The van der Waals surface area contributed by atoms with E-state index >= 15 is 0 Å². The van der Waals surface area contributed by atoms with Crippen LogP contribution in [0.4, 0.5) is 0 Å². The number of rotatable bonds is 0. The second kappa shape index (κ2) is 142. The average Bonchev–Trinajstić information content (AvgIpc) is 1.50. The number of hydrogen-bond acceptors (Lipinski definition) is 0. The van der Waals surface area contributed by atoms with E-state index in [4.69, 9.17) is 0 Å². The van der Waals surface area contributed by atoms with Gasteiger partial charge >= 0.3 is 0 Å². The summed E-state index contributed by atoms with van der Waals surface area (Å²) in [6, 6.07) is 0. The molecule has 0 aromatic heterocycles. The largest absolute Gasteiger partial charge is 0.346 e. The van der Waals surface area contributed by atoms with Gasteiger partial charge in [-0.15, -0.1) is 0 Å². The fraction of sp³-hybridized carbons (Fsp3) is 0.500. The minimum absolute atomic E-state index is 0. The van der Waals surface area contributed by atoms with Gasteiger partial charge in [0, 0.05) is 34.1 Å². The molecule has 0 unspecified atom stereocenters. The normalized spacial score (nSPS) is 2.00. The van der Waals surface area contributed by atoms with E-state index in [0.717, 1.165) is 0 Å². The standard InChI is InChI=1S/2C2H5.2Mn/c2*1-2;;/h2*1H2,2H3;;/q2*-1;;. The molecule has 0 spiro atoms. The van der Waals surface area contributed by atoms with E-state index in [2.05, 4.69) is 13.8 Å². The smallest absolute Gasteiger partial charge is 0 e. The molecule has 0 atom stereocenters.